The number of aromatic nitrogens is 1. The Morgan fingerprint density at radius 2 is 2.05 bits per heavy atom. The third kappa shape index (κ3) is 5.60. The third-order valence-corrected chi connectivity index (χ3v) is 4.31. The molecule has 0 saturated carbocycles. The van der Waals surface area contributed by atoms with E-state index in [9.17, 15) is 13.2 Å². The van der Waals surface area contributed by atoms with Gasteiger partial charge in [0, 0.05) is 12.1 Å². The van der Waals surface area contributed by atoms with Crippen molar-refractivity contribution in [2.45, 2.75) is 33.2 Å². The van der Waals surface area contributed by atoms with Crippen LogP contribution in [0.3, 0.4) is 0 Å². The molecule has 0 bridgehead atoms. The molecule has 0 atom stereocenters. The lowest BCUT2D eigenvalue weighted by Gasteiger charge is -2.25. The number of hydrogen-bond donors (Lipinski definition) is 2. The second-order valence-corrected chi connectivity index (χ2v) is 7.83. The Hall–Kier alpha value is -1.19. The van der Waals surface area contributed by atoms with Crippen LogP contribution in [0, 0.1) is 6.92 Å². The van der Waals surface area contributed by atoms with E-state index in [-0.39, 0.29) is 6.61 Å². The summed E-state index contributed by atoms with van der Waals surface area (Å²) in [5.41, 5.74) is 0.295. The van der Waals surface area contributed by atoms with Crippen LogP contribution in [-0.4, -0.2) is 43.7 Å². The number of nitrogens with zero attached hydrogens (tertiary/aromatic N) is 1. The number of aryl methyl sites for hydroxylation is 1. The van der Waals surface area contributed by atoms with Crippen molar-refractivity contribution in [1.82, 2.24) is 9.10 Å². The van der Waals surface area contributed by atoms with Gasteiger partial charge in [-0.05, 0) is 39.2 Å². The highest BCUT2D eigenvalue weighted by Gasteiger charge is 2.25. The van der Waals surface area contributed by atoms with Gasteiger partial charge < -0.3 is 10.1 Å². The smallest absolute Gasteiger partial charge is 0.343 e. The topological polar surface area (TPSA) is 97.4 Å². The number of rotatable bonds is 7. The van der Waals surface area contributed by atoms with Crippen molar-refractivity contribution < 1.29 is 17.9 Å². The largest absolute Gasteiger partial charge is 0.462 e. The van der Waals surface area contributed by atoms with E-state index in [1.54, 1.807) is 27.7 Å². The summed E-state index contributed by atoms with van der Waals surface area (Å²) in [5.74, 6) is -0.430. The Balaban J connectivity index is 2.83. The summed E-state index contributed by atoms with van der Waals surface area (Å²) in [6, 6.07) is 0. The van der Waals surface area contributed by atoms with Crippen LogP contribution in [0.15, 0.2) is 0 Å². The summed E-state index contributed by atoms with van der Waals surface area (Å²) in [7, 11) is -3.31. The maximum absolute atomic E-state index is 11.9. The molecule has 1 aromatic rings. The van der Waals surface area contributed by atoms with Crippen LogP contribution in [0.4, 0.5) is 5.00 Å². The van der Waals surface area contributed by atoms with Gasteiger partial charge in [-0.15, -0.1) is 0 Å². The molecule has 0 fully saturated rings. The van der Waals surface area contributed by atoms with Crippen molar-refractivity contribution in [1.29, 1.82) is 0 Å². The zero-order chi connectivity index (χ0) is 16.3. The predicted octanol–water partition coefficient (Wildman–Crippen LogP) is 1.37. The average Bonchev–Trinajstić information content (AvgIpc) is 2.65. The standard InChI is InChI=1S/C12H21N3O4S2/c1-6-19-11(16)9-8(2)14-20-10(9)13-7-12(3,4)15-21(5,17)18/h13,15H,6-7H2,1-5H3. The van der Waals surface area contributed by atoms with Gasteiger partial charge in [0.1, 0.15) is 10.6 Å². The monoisotopic (exact) mass is 335 g/mol. The van der Waals surface area contributed by atoms with Crippen LogP contribution in [0.25, 0.3) is 0 Å². The summed E-state index contributed by atoms with van der Waals surface area (Å²) in [4.78, 5) is 11.9. The normalized spacial score (nSPS) is 12.2. The number of hydrogen-bond acceptors (Lipinski definition) is 7. The van der Waals surface area contributed by atoms with Crippen LogP contribution in [0.5, 0.6) is 0 Å². The zero-order valence-electron chi connectivity index (χ0n) is 12.8. The first-order valence-electron chi connectivity index (χ1n) is 6.42. The zero-order valence-corrected chi connectivity index (χ0v) is 14.4. The SMILES string of the molecule is CCOC(=O)c1c(C)nsc1NCC(C)(C)NS(C)(=O)=O. The van der Waals surface area contributed by atoms with Crippen molar-refractivity contribution in [3.63, 3.8) is 0 Å². The number of anilines is 1. The van der Waals surface area contributed by atoms with E-state index >= 15 is 0 Å². The van der Waals surface area contributed by atoms with Gasteiger partial charge in [0.15, 0.2) is 0 Å². The molecule has 2 N–H and O–H groups in total. The molecule has 1 aromatic heterocycles. The Labute approximate surface area is 129 Å². The second kappa shape index (κ2) is 6.71. The minimum Gasteiger partial charge on any atom is -0.462 e. The molecule has 0 aliphatic carbocycles. The number of esters is 1. The van der Waals surface area contributed by atoms with E-state index < -0.39 is 21.5 Å². The molecule has 0 aliphatic rings. The van der Waals surface area contributed by atoms with Crippen LogP contribution in [0.1, 0.15) is 36.8 Å². The van der Waals surface area contributed by atoms with E-state index in [0.717, 1.165) is 17.8 Å². The molecule has 0 aromatic carbocycles. The molecular weight excluding hydrogens is 314 g/mol. The van der Waals surface area contributed by atoms with Gasteiger partial charge in [-0.25, -0.2) is 17.9 Å². The Morgan fingerprint density at radius 1 is 1.43 bits per heavy atom. The lowest BCUT2D eigenvalue weighted by Crippen LogP contribution is -2.47. The summed E-state index contributed by atoms with van der Waals surface area (Å²) in [6.07, 6.45) is 1.11. The molecule has 1 rings (SSSR count). The molecule has 21 heavy (non-hydrogen) atoms. The van der Waals surface area contributed by atoms with Crippen molar-refractivity contribution in [3.8, 4) is 0 Å². The first-order valence-corrected chi connectivity index (χ1v) is 9.08. The van der Waals surface area contributed by atoms with Crippen molar-refractivity contribution >= 4 is 32.5 Å². The number of nitrogens with one attached hydrogen (secondary N) is 2. The molecule has 0 radical (unpaired) electrons. The number of ether oxygens (including phenoxy) is 1. The predicted molar refractivity (Wildman–Crippen MR) is 83.4 cm³/mol. The highest BCUT2D eigenvalue weighted by atomic mass is 32.2. The molecule has 120 valence electrons. The van der Waals surface area contributed by atoms with E-state index in [4.69, 9.17) is 4.74 Å². The molecule has 0 spiro atoms. The number of sulfonamides is 1. The Morgan fingerprint density at radius 3 is 2.57 bits per heavy atom. The quantitative estimate of drug-likeness (QED) is 0.730. The van der Waals surface area contributed by atoms with Crippen LogP contribution < -0.4 is 10.0 Å². The summed E-state index contributed by atoms with van der Waals surface area (Å²) in [6.45, 7) is 7.56. The fourth-order valence-electron chi connectivity index (χ4n) is 1.77. The number of carbonyl (C=O) groups is 1. The molecular formula is C12H21N3O4S2. The van der Waals surface area contributed by atoms with Crippen LogP contribution >= 0.6 is 11.5 Å². The van der Waals surface area contributed by atoms with Crippen molar-refractivity contribution in [3.05, 3.63) is 11.3 Å². The Kier molecular flexibility index (Phi) is 5.71. The maximum atomic E-state index is 11.9. The van der Waals surface area contributed by atoms with Crippen LogP contribution in [0.2, 0.25) is 0 Å². The second-order valence-electron chi connectivity index (χ2n) is 5.30. The highest BCUT2D eigenvalue weighted by Crippen LogP contribution is 2.26. The van der Waals surface area contributed by atoms with Crippen molar-refractivity contribution in [2.24, 2.45) is 0 Å². The fraction of sp³-hybridized carbons (Fsp3) is 0.667. The first-order chi connectivity index (χ1) is 9.56. The van der Waals surface area contributed by atoms with Crippen molar-refractivity contribution in [2.75, 3.05) is 24.7 Å². The van der Waals surface area contributed by atoms with Gasteiger partial charge in [0.05, 0.1) is 18.6 Å². The minimum atomic E-state index is -3.31. The molecule has 0 amide bonds. The van der Waals surface area contributed by atoms with Gasteiger partial charge in [-0.3, -0.25) is 0 Å². The third-order valence-electron chi connectivity index (χ3n) is 2.49. The molecule has 0 unspecified atom stereocenters. The molecule has 0 saturated heterocycles. The lowest BCUT2D eigenvalue weighted by atomic mass is 10.1. The average molecular weight is 335 g/mol. The van der Waals surface area contributed by atoms with E-state index in [0.29, 0.717) is 22.8 Å². The molecule has 7 nitrogen and oxygen atoms in total. The van der Waals surface area contributed by atoms with Gasteiger partial charge in [-0.1, -0.05) is 0 Å². The summed E-state index contributed by atoms with van der Waals surface area (Å²) < 4.78 is 34.3. The summed E-state index contributed by atoms with van der Waals surface area (Å²) >= 11 is 1.15. The van der Waals surface area contributed by atoms with Gasteiger partial charge in [0.2, 0.25) is 10.0 Å². The number of carbonyl (C=O) groups excluding carboxylic acids is 1. The molecule has 0 aliphatic heterocycles. The maximum Gasteiger partial charge on any atom is 0.343 e. The fourth-order valence-corrected chi connectivity index (χ4v) is 3.63. The first kappa shape index (κ1) is 17.9. The van der Waals surface area contributed by atoms with Gasteiger partial charge >= 0.3 is 5.97 Å². The van der Waals surface area contributed by atoms with E-state index in [1.807, 2.05) is 0 Å². The molecule has 9 heteroatoms. The molecule has 1 heterocycles. The van der Waals surface area contributed by atoms with E-state index in [2.05, 4.69) is 14.4 Å². The minimum absolute atomic E-state index is 0.286. The van der Waals surface area contributed by atoms with Gasteiger partial charge in [0.25, 0.3) is 0 Å². The van der Waals surface area contributed by atoms with Gasteiger partial charge in [-0.2, -0.15) is 4.37 Å². The highest BCUT2D eigenvalue weighted by molar-refractivity contribution is 7.88. The van der Waals surface area contributed by atoms with Crippen LogP contribution in [-0.2, 0) is 14.8 Å². The summed E-state index contributed by atoms with van der Waals surface area (Å²) in [5, 5.41) is 3.64. The van der Waals surface area contributed by atoms with E-state index in [1.165, 1.54) is 0 Å². The Bertz CT molecular complexity index is 608. The lowest BCUT2D eigenvalue weighted by molar-refractivity contribution is 0.0527.